The van der Waals surface area contributed by atoms with Crippen LogP contribution in [0, 0.1) is 10.1 Å². The zero-order chi connectivity index (χ0) is 13.8. The smallest absolute Gasteiger partial charge is 0.270 e. The van der Waals surface area contributed by atoms with E-state index in [4.69, 9.17) is 0 Å². The van der Waals surface area contributed by atoms with E-state index in [0.717, 1.165) is 15.7 Å². The Morgan fingerprint density at radius 2 is 1.84 bits per heavy atom. The van der Waals surface area contributed by atoms with Crippen molar-refractivity contribution in [1.29, 1.82) is 0 Å². The molecule has 0 saturated heterocycles. The minimum absolute atomic E-state index is 0.0679. The fraction of sp³-hybridized carbons (Fsp3) is 0.0769. The van der Waals surface area contributed by atoms with Crippen molar-refractivity contribution in [2.24, 2.45) is 0 Å². The second kappa shape index (κ2) is 6.16. The normalized spacial score (nSPS) is 10.2. The van der Waals surface area contributed by atoms with Crippen molar-refractivity contribution in [3.63, 3.8) is 0 Å². The predicted octanol–water partition coefficient (Wildman–Crippen LogP) is 4.73. The average molecular weight is 386 g/mol. The number of benzene rings is 2. The third-order valence-electron chi connectivity index (χ3n) is 2.59. The summed E-state index contributed by atoms with van der Waals surface area (Å²) in [5.74, 6) is 0. The zero-order valence-corrected chi connectivity index (χ0v) is 12.9. The molecule has 0 atom stereocenters. The highest BCUT2D eigenvalue weighted by atomic mass is 79.9. The number of non-ortho nitro benzene ring substituents is 1. The van der Waals surface area contributed by atoms with Crippen molar-refractivity contribution in [1.82, 2.24) is 0 Å². The van der Waals surface area contributed by atoms with Gasteiger partial charge in [0.15, 0.2) is 0 Å². The topological polar surface area (TPSA) is 55.2 Å². The van der Waals surface area contributed by atoms with Gasteiger partial charge in [0.05, 0.1) is 4.92 Å². The quantitative estimate of drug-likeness (QED) is 0.611. The van der Waals surface area contributed by atoms with Crippen LogP contribution in [-0.4, -0.2) is 4.92 Å². The first-order valence-corrected chi connectivity index (χ1v) is 7.08. The van der Waals surface area contributed by atoms with Crippen LogP contribution in [0.3, 0.4) is 0 Å². The lowest BCUT2D eigenvalue weighted by molar-refractivity contribution is -0.384. The molecule has 2 aromatic rings. The molecular formula is C13H10Br2N2O2. The highest BCUT2D eigenvalue weighted by Gasteiger charge is 2.09. The number of nitrogens with one attached hydrogen (secondary N) is 1. The Bertz CT molecular complexity index is 617. The Hall–Kier alpha value is -1.40. The van der Waals surface area contributed by atoms with Crippen LogP contribution in [0.15, 0.2) is 51.4 Å². The molecule has 98 valence electrons. The molecule has 0 heterocycles. The van der Waals surface area contributed by atoms with Gasteiger partial charge in [0.1, 0.15) is 0 Å². The van der Waals surface area contributed by atoms with Crippen molar-refractivity contribution in [2.45, 2.75) is 6.54 Å². The molecule has 0 fully saturated rings. The third-order valence-corrected chi connectivity index (χ3v) is 4.02. The fourth-order valence-electron chi connectivity index (χ4n) is 1.59. The summed E-state index contributed by atoms with van der Waals surface area (Å²) in [6.45, 7) is 0.637. The molecule has 0 aromatic heterocycles. The van der Waals surface area contributed by atoms with Gasteiger partial charge in [-0.2, -0.15) is 0 Å². The summed E-state index contributed by atoms with van der Waals surface area (Å²) in [5.41, 5.74) is 2.01. The first-order valence-electron chi connectivity index (χ1n) is 5.49. The first-order chi connectivity index (χ1) is 9.08. The molecule has 0 unspecified atom stereocenters. The van der Waals surface area contributed by atoms with Gasteiger partial charge in [-0.05, 0) is 33.6 Å². The summed E-state index contributed by atoms with van der Waals surface area (Å²) in [7, 11) is 0. The Kier molecular flexibility index (Phi) is 4.55. The molecule has 0 spiro atoms. The summed E-state index contributed by atoms with van der Waals surface area (Å²) in [6.07, 6.45) is 0. The Morgan fingerprint density at radius 1 is 1.11 bits per heavy atom. The fourth-order valence-corrected chi connectivity index (χ4v) is 2.53. The summed E-state index contributed by atoms with van der Waals surface area (Å²) in [6, 6.07) is 12.6. The van der Waals surface area contributed by atoms with Crippen molar-refractivity contribution >= 4 is 43.2 Å². The van der Waals surface area contributed by atoms with E-state index in [1.807, 2.05) is 24.3 Å². The van der Waals surface area contributed by atoms with Crippen molar-refractivity contribution in [3.05, 3.63) is 67.1 Å². The zero-order valence-electron chi connectivity index (χ0n) is 9.77. The maximum Gasteiger partial charge on any atom is 0.270 e. The Balaban J connectivity index is 2.12. The van der Waals surface area contributed by atoms with E-state index in [0.29, 0.717) is 11.0 Å². The summed E-state index contributed by atoms with van der Waals surface area (Å²) in [4.78, 5) is 10.2. The van der Waals surface area contributed by atoms with Crippen LogP contribution in [0.2, 0.25) is 0 Å². The number of nitro groups is 1. The number of rotatable bonds is 4. The van der Waals surface area contributed by atoms with E-state index in [-0.39, 0.29) is 5.69 Å². The Morgan fingerprint density at radius 3 is 2.47 bits per heavy atom. The maximum atomic E-state index is 10.6. The van der Waals surface area contributed by atoms with Crippen molar-refractivity contribution < 1.29 is 4.92 Å². The van der Waals surface area contributed by atoms with Gasteiger partial charge in [-0.3, -0.25) is 10.1 Å². The number of nitrogens with zero attached hydrogens (tertiary/aromatic N) is 1. The van der Waals surface area contributed by atoms with Gasteiger partial charge >= 0.3 is 0 Å². The second-order valence-corrected chi connectivity index (χ2v) is 5.57. The van der Waals surface area contributed by atoms with Crippen LogP contribution in [0.25, 0.3) is 0 Å². The standard InChI is InChI=1S/C13H10Br2N2O2/c14-11-4-2-1-3-9(11)8-16-13-6-5-10(17(18)19)7-12(13)15/h1-7,16H,8H2. The number of hydrogen-bond acceptors (Lipinski definition) is 3. The summed E-state index contributed by atoms with van der Waals surface area (Å²) in [5, 5.41) is 13.9. The average Bonchev–Trinajstić information content (AvgIpc) is 2.39. The molecule has 2 rings (SSSR count). The molecule has 0 aliphatic heterocycles. The van der Waals surface area contributed by atoms with E-state index in [2.05, 4.69) is 37.2 Å². The monoisotopic (exact) mass is 384 g/mol. The lowest BCUT2D eigenvalue weighted by Crippen LogP contribution is -2.01. The summed E-state index contributed by atoms with van der Waals surface area (Å²) < 4.78 is 1.70. The van der Waals surface area contributed by atoms with Gasteiger partial charge in [-0.25, -0.2) is 0 Å². The lowest BCUT2D eigenvalue weighted by Gasteiger charge is -2.09. The van der Waals surface area contributed by atoms with Gasteiger partial charge in [0, 0.05) is 33.3 Å². The molecule has 4 nitrogen and oxygen atoms in total. The molecule has 19 heavy (non-hydrogen) atoms. The van der Waals surface area contributed by atoms with Crippen LogP contribution in [-0.2, 0) is 6.54 Å². The highest BCUT2D eigenvalue weighted by molar-refractivity contribution is 9.11. The second-order valence-electron chi connectivity index (χ2n) is 3.87. The van der Waals surface area contributed by atoms with Crippen molar-refractivity contribution in [2.75, 3.05) is 5.32 Å². The molecule has 6 heteroatoms. The predicted molar refractivity (Wildman–Crippen MR) is 82.3 cm³/mol. The van der Waals surface area contributed by atoms with E-state index in [9.17, 15) is 10.1 Å². The van der Waals surface area contributed by atoms with Crippen LogP contribution in [0.4, 0.5) is 11.4 Å². The number of halogens is 2. The molecule has 0 aliphatic rings. The van der Waals surface area contributed by atoms with E-state index in [1.54, 1.807) is 6.07 Å². The largest absolute Gasteiger partial charge is 0.380 e. The molecule has 0 bridgehead atoms. The molecule has 2 aromatic carbocycles. The van der Waals surface area contributed by atoms with Crippen LogP contribution in [0.5, 0.6) is 0 Å². The van der Waals surface area contributed by atoms with Crippen molar-refractivity contribution in [3.8, 4) is 0 Å². The van der Waals surface area contributed by atoms with Crippen LogP contribution in [0.1, 0.15) is 5.56 Å². The van der Waals surface area contributed by atoms with E-state index >= 15 is 0 Å². The molecule has 0 radical (unpaired) electrons. The summed E-state index contributed by atoms with van der Waals surface area (Å²) >= 11 is 6.81. The first kappa shape index (κ1) is 14.0. The molecule has 0 saturated carbocycles. The maximum absolute atomic E-state index is 10.6. The molecule has 0 amide bonds. The SMILES string of the molecule is O=[N+]([O-])c1ccc(NCc2ccccc2Br)c(Br)c1. The highest BCUT2D eigenvalue weighted by Crippen LogP contribution is 2.28. The lowest BCUT2D eigenvalue weighted by atomic mass is 10.2. The molecule has 1 N–H and O–H groups in total. The number of nitro benzene ring substituents is 1. The molecular weight excluding hydrogens is 376 g/mol. The van der Waals surface area contributed by atoms with Crippen LogP contribution < -0.4 is 5.32 Å². The minimum Gasteiger partial charge on any atom is -0.380 e. The third kappa shape index (κ3) is 3.54. The minimum atomic E-state index is -0.414. The van der Waals surface area contributed by atoms with Gasteiger partial charge in [0.25, 0.3) is 5.69 Å². The number of anilines is 1. The van der Waals surface area contributed by atoms with Gasteiger partial charge in [-0.15, -0.1) is 0 Å². The van der Waals surface area contributed by atoms with E-state index < -0.39 is 4.92 Å². The van der Waals surface area contributed by atoms with Gasteiger partial charge in [0.2, 0.25) is 0 Å². The van der Waals surface area contributed by atoms with Gasteiger partial charge < -0.3 is 5.32 Å². The van der Waals surface area contributed by atoms with Gasteiger partial charge in [-0.1, -0.05) is 34.1 Å². The molecule has 0 aliphatic carbocycles. The van der Waals surface area contributed by atoms with Crippen LogP contribution >= 0.6 is 31.9 Å². The number of hydrogen-bond donors (Lipinski definition) is 1. The Labute approximate surface area is 127 Å². The van der Waals surface area contributed by atoms with E-state index in [1.165, 1.54) is 12.1 Å².